The largest absolute Gasteiger partial charge is 0.384 e. The van der Waals surface area contributed by atoms with E-state index in [0.717, 1.165) is 12.1 Å². The highest BCUT2D eigenvalue weighted by atomic mass is 16.5. The minimum atomic E-state index is -0.403. The molecule has 0 aliphatic carbocycles. The summed E-state index contributed by atoms with van der Waals surface area (Å²) in [6.45, 7) is 4.63. The standard InChI is InChI=1S/C12H22N4O3/c1-3-19-7-4-6-16-11(5-8-18-2)10(14-15-16)9-12(13)17/h3-9H2,1-2H3,(H2,13,17). The molecule has 1 rings (SSSR count). The number of carbonyl (C=O) groups is 1. The number of rotatable bonds is 10. The van der Waals surface area contributed by atoms with E-state index in [-0.39, 0.29) is 6.42 Å². The molecular formula is C12H22N4O3. The lowest BCUT2D eigenvalue weighted by Gasteiger charge is -2.07. The van der Waals surface area contributed by atoms with Crippen LogP contribution in [0.3, 0.4) is 0 Å². The average molecular weight is 270 g/mol. The van der Waals surface area contributed by atoms with Crippen LogP contribution >= 0.6 is 0 Å². The maximum Gasteiger partial charge on any atom is 0.223 e. The number of hydrogen-bond acceptors (Lipinski definition) is 5. The highest BCUT2D eigenvalue weighted by Crippen LogP contribution is 2.08. The van der Waals surface area contributed by atoms with Gasteiger partial charge in [-0.1, -0.05) is 5.21 Å². The van der Waals surface area contributed by atoms with E-state index in [1.165, 1.54) is 0 Å². The quantitative estimate of drug-likeness (QED) is 0.600. The lowest BCUT2D eigenvalue weighted by atomic mass is 10.2. The van der Waals surface area contributed by atoms with Crippen LogP contribution in [0.25, 0.3) is 0 Å². The Bertz CT molecular complexity index is 392. The van der Waals surface area contributed by atoms with E-state index in [1.807, 2.05) is 6.92 Å². The molecule has 0 fully saturated rings. The summed E-state index contributed by atoms with van der Waals surface area (Å²) in [6, 6.07) is 0. The van der Waals surface area contributed by atoms with E-state index >= 15 is 0 Å². The smallest absolute Gasteiger partial charge is 0.223 e. The van der Waals surface area contributed by atoms with Crippen molar-refractivity contribution in [2.45, 2.75) is 32.7 Å². The van der Waals surface area contributed by atoms with Gasteiger partial charge in [-0.3, -0.25) is 4.79 Å². The normalized spacial score (nSPS) is 10.8. The first-order valence-electron chi connectivity index (χ1n) is 6.45. The van der Waals surface area contributed by atoms with Crippen LogP contribution in [0.2, 0.25) is 0 Å². The van der Waals surface area contributed by atoms with Gasteiger partial charge in [0.1, 0.15) is 0 Å². The van der Waals surface area contributed by atoms with Gasteiger partial charge in [-0.2, -0.15) is 0 Å². The first-order valence-corrected chi connectivity index (χ1v) is 6.45. The van der Waals surface area contributed by atoms with E-state index in [9.17, 15) is 4.79 Å². The number of carbonyl (C=O) groups excluding carboxylic acids is 1. The molecule has 0 bridgehead atoms. The molecule has 1 heterocycles. The lowest BCUT2D eigenvalue weighted by Crippen LogP contribution is -2.16. The monoisotopic (exact) mass is 270 g/mol. The van der Waals surface area contributed by atoms with Crippen molar-refractivity contribution in [1.82, 2.24) is 15.0 Å². The number of ether oxygens (including phenoxy) is 2. The minimum Gasteiger partial charge on any atom is -0.384 e. The Morgan fingerprint density at radius 1 is 1.42 bits per heavy atom. The number of hydrogen-bond donors (Lipinski definition) is 1. The van der Waals surface area contributed by atoms with Gasteiger partial charge in [0.15, 0.2) is 0 Å². The maximum absolute atomic E-state index is 11.0. The number of primary amides is 1. The first-order chi connectivity index (χ1) is 9.19. The molecule has 2 N–H and O–H groups in total. The van der Waals surface area contributed by atoms with Crippen LogP contribution < -0.4 is 5.73 Å². The lowest BCUT2D eigenvalue weighted by molar-refractivity contribution is -0.117. The van der Waals surface area contributed by atoms with Gasteiger partial charge in [-0.15, -0.1) is 5.10 Å². The van der Waals surface area contributed by atoms with Crippen molar-refractivity contribution in [1.29, 1.82) is 0 Å². The molecule has 7 heteroatoms. The van der Waals surface area contributed by atoms with E-state index in [1.54, 1.807) is 11.8 Å². The SMILES string of the molecule is CCOCCCn1nnc(CC(N)=O)c1CCOC. The fourth-order valence-electron chi connectivity index (χ4n) is 1.78. The van der Waals surface area contributed by atoms with Gasteiger partial charge in [-0.05, 0) is 13.3 Å². The third-order valence-electron chi connectivity index (χ3n) is 2.67. The molecule has 0 radical (unpaired) electrons. The van der Waals surface area contributed by atoms with Gasteiger partial charge < -0.3 is 15.2 Å². The highest BCUT2D eigenvalue weighted by molar-refractivity contribution is 5.76. The van der Waals surface area contributed by atoms with Crippen LogP contribution in [0.4, 0.5) is 0 Å². The fourth-order valence-corrected chi connectivity index (χ4v) is 1.78. The van der Waals surface area contributed by atoms with Crippen molar-refractivity contribution in [2.75, 3.05) is 26.9 Å². The molecule has 0 aromatic carbocycles. The third-order valence-corrected chi connectivity index (χ3v) is 2.67. The number of aromatic nitrogens is 3. The second kappa shape index (κ2) is 8.60. The number of nitrogens with zero attached hydrogens (tertiary/aromatic N) is 3. The van der Waals surface area contributed by atoms with Crippen molar-refractivity contribution in [2.24, 2.45) is 5.73 Å². The fraction of sp³-hybridized carbons (Fsp3) is 0.750. The highest BCUT2D eigenvalue weighted by Gasteiger charge is 2.14. The summed E-state index contributed by atoms with van der Waals surface area (Å²) >= 11 is 0. The van der Waals surface area contributed by atoms with Crippen LogP contribution in [0.15, 0.2) is 0 Å². The van der Waals surface area contributed by atoms with Gasteiger partial charge in [0.2, 0.25) is 5.91 Å². The van der Waals surface area contributed by atoms with Crippen molar-refractivity contribution >= 4 is 5.91 Å². The Morgan fingerprint density at radius 2 is 2.21 bits per heavy atom. The second-order valence-electron chi connectivity index (χ2n) is 4.14. The van der Waals surface area contributed by atoms with E-state index in [4.69, 9.17) is 15.2 Å². The summed E-state index contributed by atoms with van der Waals surface area (Å²) in [6.07, 6.45) is 1.64. The van der Waals surface area contributed by atoms with E-state index < -0.39 is 5.91 Å². The Morgan fingerprint density at radius 3 is 2.84 bits per heavy atom. The summed E-state index contributed by atoms with van der Waals surface area (Å²) in [5.41, 5.74) is 6.76. The number of amides is 1. The summed E-state index contributed by atoms with van der Waals surface area (Å²) in [4.78, 5) is 11.0. The van der Waals surface area contributed by atoms with Crippen molar-refractivity contribution < 1.29 is 14.3 Å². The average Bonchev–Trinajstić information content (AvgIpc) is 2.74. The summed E-state index contributed by atoms with van der Waals surface area (Å²) < 4.78 is 12.2. The van der Waals surface area contributed by atoms with E-state index in [2.05, 4.69) is 10.3 Å². The van der Waals surface area contributed by atoms with Crippen LogP contribution in [-0.2, 0) is 33.7 Å². The Balaban J connectivity index is 2.66. The van der Waals surface area contributed by atoms with Gasteiger partial charge >= 0.3 is 0 Å². The molecule has 1 amide bonds. The molecule has 1 aromatic heterocycles. The van der Waals surface area contributed by atoms with Gasteiger partial charge in [0.25, 0.3) is 0 Å². The second-order valence-corrected chi connectivity index (χ2v) is 4.14. The van der Waals surface area contributed by atoms with Gasteiger partial charge in [0.05, 0.1) is 24.4 Å². The molecule has 0 aliphatic heterocycles. The predicted molar refractivity (Wildman–Crippen MR) is 69.6 cm³/mol. The zero-order valence-corrected chi connectivity index (χ0v) is 11.6. The Hall–Kier alpha value is -1.47. The van der Waals surface area contributed by atoms with E-state index in [0.29, 0.717) is 38.5 Å². The molecule has 0 atom stereocenters. The Kier molecular flexibility index (Phi) is 7.06. The molecule has 0 saturated heterocycles. The van der Waals surface area contributed by atoms with Crippen LogP contribution in [0, 0.1) is 0 Å². The summed E-state index contributed by atoms with van der Waals surface area (Å²) in [7, 11) is 1.64. The van der Waals surface area contributed by atoms with Crippen molar-refractivity contribution in [3.63, 3.8) is 0 Å². The topological polar surface area (TPSA) is 92.3 Å². The predicted octanol–water partition coefficient (Wildman–Crippen LogP) is -0.0786. The number of aryl methyl sites for hydroxylation is 1. The summed E-state index contributed by atoms with van der Waals surface area (Å²) in [5.74, 6) is -0.403. The molecule has 0 aliphatic rings. The van der Waals surface area contributed by atoms with Crippen LogP contribution in [-0.4, -0.2) is 47.8 Å². The molecule has 19 heavy (non-hydrogen) atoms. The van der Waals surface area contributed by atoms with Gasteiger partial charge in [0, 0.05) is 33.3 Å². The Labute approximate surface area is 113 Å². The molecule has 108 valence electrons. The van der Waals surface area contributed by atoms with Crippen molar-refractivity contribution in [3.05, 3.63) is 11.4 Å². The zero-order valence-electron chi connectivity index (χ0n) is 11.6. The zero-order chi connectivity index (χ0) is 14.1. The van der Waals surface area contributed by atoms with Gasteiger partial charge in [-0.25, -0.2) is 4.68 Å². The van der Waals surface area contributed by atoms with Crippen molar-refractivity contribution in [3.8, 4) is 0 Å². The molecule has 1 aromatic rings. The molecule has 0 unspecified atom stereocenters. The molecule has 0 saturated carbocycles. The van der Waals surface area contributed by atoms with Crippen LogP contribution in [0.5, 0.6) is 0 Å². The number of nitrogens with two attached hydrogens (primary N) is 1. The number of methoxy groups -OCH3 is 1. The third kappa shape index (κ3) is 5.35. The molecule has 7 nitrogen and oxygen atoms in total. The summed E-state index contributed by atoms with van der Waals surface area (Å²) in [5, 5.41) is 8.09. The molecule has 0 spiro atoms. The molecular weight excluding hydrogens is 248 g/mol. The maximum atomic E-state index is 11.0. The minimum absolute atomic E-state index is 0.116. The first kappa shape index (κ1) is 15.6. The van der Waals surface area contributed by atoms with Crippen LogP contribution in [0.1, 0.15) is 24.7 Å².